The normalized spacial score (nSPS) is 20.2. The van der Waals surface area contributed by atoms with Crippen LogP contribution in [0.1, 0.15) is 23.7 Å². The predicted octanol–water partition coefficient (Wildman–Crippen LogP) is 2.55. The third-order valence-corrected chi connectivity index (χ3v) is 5.28. The Bertz CT molecular complexity index is 749. The van der Waals surface area contributed by atoms with Crippen LogP contribution >= 0.6 is 11.8 Å². The van der Waals surface area contributed by atoms with E-state index >= 15 is 0 Å². The van der Waals surface area contributed by atoms with Gasteiger partial charge in [0.1, 0.15) is 5.04 Å². The molecule has 1 aromatic carbocycles. The van der Waals surface area contributed by atoms with Crippen molar-refractivity contribution in [2.45, 2.75) is 18.7 Å². The van der Waals surface area contributed by atoms with Crippen LogP contribution in [-0.2, 0) is 11.0 Å². The number of halogens is 3. The van der Waals surface area contributed by atoms with E-state index in [4.69, 9.17) is 0 Å². The molecule has 5 nitrogen and oxygen atoms in total. The molecule has 3 rings (SSSR count). The van der Waals surface area contributed by atoms with Crippen molar-refractivity contribution >= 4 is 22.7 Å². The number of carbonyl (C=O) groups excluding carboxylic acids is 1. The number of benzene rings is 1. The van der Waals surface area contributed by atoms with Gasteiger partial charge in [0.25, 0.3) is 5.91 Å². The Kier molecular flexibility index (Phi) is 5.69. The molecule has 140 valence electrons. The molecule has 0 aromatic heterocycles. The lowest BCUT2D eigenvalue weighted by atomic mass is 10.0. The average molecular weight is 385 g/mol. The molecule has 0 bridgehead atoms. The molecular formula is C17H18F3N3O2S. The van der Waals surface area contributed by atoms with Crippen molar-refractivity contribution in [2.24, 2.45) is 5.10 Å². The lowest BCUT2D eigenvalue weighted by molar-refractivity contribution is -0.139. The second kappa shape index (κ2) is 7.81. The summed E-state index contributed by atoms with van der Waals surface area (Å²) in [6, 6.07) is 5.11. The van der Waals surface area contributed by atoms with Gasteiger partial charge >= 0.3 is 6.18 Å². The van der Waals surface area contributed by atoms with Gasteiger partial charge in [0.05, 0.1) is 17.4 Å². The summed E-state index contributed by atoms with van der Waals surface area (Å²) < 4.78 is 39.3. The lowest BCUT2D eigenvalue weighted by Gasteiger charge is -2.29. The van der Waals surface area contributed by atoms with Crippen LogP contribution in [0.3, 0.4) is 0 Å². The van der Waals surface area contributed by atoms with Crippen LogP contribution in [-0.4, -0.2) is 46.3 Å². The minimum Gasteiger partial charge on any atom is -0.387 e. The van der Waals surface area contributed by atoms with Gasteiger partial charge in [-0.2, -0.15) is 18.3 Å². The number of nitrogens with one attached hydrogen (secondary N) is 1. The molecule has 0 fully saturated rings. The molecule has 9 heteroatoms. The van der Waals surface area contributed by atoms with Crippen molar-refractivity contribution in [3.8, 4) is 0 Å². The number of aliphatic hydroxyl groups excluding tert-OH is 1. The van der Waals surface area contributed by atoms with Crippen LogP contribution < -0.4 is 5.43 Å². The van der Waals surface area contributed by atoms with Gasteiger partial charge < -0.3 is 5.11 Å². The monoisotopic (exact) mass is 385 g/mol. The second-order valence-corrected chi connectivity index (χ2v) is 7.04. The first-order valence-electron chi connectivity index (χ1n) is 8.10. The summed E-state index contributed by atoms with van der Waals surface area (Å²) in [7, 11) is 0. The van der Waals surface area contributed by atoms with Gasteiger partial charge in [-0.25, -0.2) is 5.43 Å². The number of alkyl halides is 3. The summed E-state index contributed by atoms with van der Waals surface area (Å²) in [5, 5.41) is 15.1. The molecule has 2 aliphatic heterocycles. The van der Waals surface area contributed by atoms with Crippen molar-refractivity contribution in [3.63, 3.8) is 0 Å². The SMILES string of the molecule is O=C1CSC(C2=CCN(CC(O)c3ccccc3C(F)(F)F)CC2)=NN1. The average Bonchev–Trinajstić information content (AvgIpc) is 2.62. The van der Waals surface area contributed by atoms with E-state index in [1.165, 1.54) is 30.0 Å². The van der Waals surface area contributed by atoms with E-state index in [2.05, 4.69) is 10.5 Å². The van der Waals surface area contributed by atoms with Gasteiger partial charge in [-0.05, 0) is 23.6 Å². The van der Waals surface area contributed by atoms with E-state index in [9.17, 15) is 23.1 Å². The van der Waals surface area contributed by atoms with E-state index < -0.39 is 17.8 Å². The molecule has 0 saturated heterocycles. The zero-order valence-corrected chi connectivity index (χ0v) is 14.6. The minimum atomic E-state index is -4.49. The van der Waals surface area contributed by atoms with Crippen molar-refractivity contribution in [2.75, 3.05) is 25.4 Å². The van der Waals surface area contributed by atoms with Crippen LogP contribution in [0.5, 0.6) is 0 Å². The number of rotatable bonds is 4. The Morgan fingerprint density at radius 1 is 1.35 bits per heavy atom. The van der Waals surface area contributed by atoms with Gasteiger partial charge in [0.15, 0.2) is 0 Å². The fourth-order valence-electron chi connectivity index (χ4n) is 2.94. The maximum absolute atomic E-state index is 13.1. The second-order valence-electron chi connectivity index (χ2n) is 6.08. The highest BCUT2D eigenvalue weighted by Gasteiger charge is 2.35. The Morgan fingerprint density at radius 2 is 2.12 bits per heavy atom. The molecule has 1 aromatic rings. The van der Waals surface area contributed by atoms with Crippen molar-refractivity contribution in [1.82, 2.24) is 10.3 Å². The first-order valence-corrected chi connectivity index (χ1v) is 9.08. The molecule has 1 atom stereocenters. The number of thioether (sulfide) groups is 1. The quantitative estimate of drug-likeness (QED) is 0.836. The molecule has 2 N–H and O–H groups in total. The van der Waals surface area contributed by atoms with Crippen molar-refractivity contribution in [1.29, 1.82) is 0 Å². The number of hydrazone groups is 1. The fourth-order valence-corrected chi connectivity index (χ4v) is 3.75. The lowest BCUT2D eigenvalue weighted by Crippen LogP contribution is -2.35. The zero-order chi connectivity index (χ0) is 18.7. The first-order chi connectivity index (χ1) is 12.3. The summed E-state index contributed by atoms with van der Waals surface area (Å²) in [5.74, 6) is 0.190. The van der Waals surface area contributed by atoms with Gasteiger partial charge in [-0.3, -0.25) is 9.69 Å². The molecule has 2 heterocycles. The van der Waals surface area contributed by atoms with Crippen LogP contribution in [0.4, 0.5) is 13.2 Å². The number of carbonyl (C=O) groups is 1. The van der Waals surface area contributed by atoms with Gasteiger partial charge in [-0.1, -0.05) is 36.0 Å². The highest BCUT2D eigenvalue weighted by molar-refractivity contribution is 8.15. The summed E-state index contributed by atoms with van der Waals surface area (Å²) in [4.78, 5) is 13.0. The van der Waals surface area contributed by atoms with Crippen LogP contribution in [0.25, 0.3) is 0 Å². The topological polar surface area (TPSA) is 64.9 Å². The predicted molar refractivity (Wildman–Crippen MR) is 93.6 cm³/mol. The Hall–Kier alpha value is -1.84. The van der Waals surface area contributed by atoms with E-state index in [0.717, 1.165) is 16.7 Å². The maximum Gasteiger partial charge on any atom is 0.416 e. The molecule has 0 saturated carbocycles. The highest BCUT2D eigenvalue weighted by Crippen LogP contribution is 2.35. The smallest absolute Gasteiger partial charge is 0.387 e. The van der Waals surface area contributed by atoms with Crippen molar-refractivity contribution in [3.05, 3.63) is 47.0 Å². The number of hydrogen-bond donors (Lipinski definition) is 2. The standard InChI is InChI=1S/C17H18F3N3O2S/c18-17(19,20)13-4-2-1-3-12(13)14(24)9-23-7-5-11(6-8-23)16-22-21-15(25)10-26-16/h1-5,14,24H,6-10H2,(H,21,25). The van der Waals surface area contributed by atoms with E-state index in [-0.39, 0.29) is 18.0 Å². The largest absolute Gasteiger partial charge is 0.416 e. The molecule has 2 aliphatic rings. The summed E-state index contributed by atoms with van der Waals surface area (Å²) in [5.41, 5.74) is 2.54. The number of aliphatic hydroxyl groups is 1. The van der Waals surface area contributed by atoms with Crippen LogP contribution in [0.15, 0.2) is 41.0 Å². The van der Waals surface area contributed by atoms with E-state index in [0.29, 0.717) is 25.3 Å². The maximum atomic E-state index is 13.1. The van der Waals surface area contributed by atoms with Gasteiger partial charge in [0, 0.05) is 19.6 Å². The summed E-state index contributed by atoms with van der Waals surface area (Å²) in [6.07, 6.45) is -3.11. The zero-order valence-electron chi connectivity index (χ0n) is 13.8. The Morgan fingerprint density at radius 3 is 2.73 bits per heavy atom. The minimum absolute atomic E-state index is 0.107. The molecule has 1 amide bonds. The molecule has 0 aliphatic carbocycles. The van der Waals surface area contributed by atoms with Crippen LogP contribution in [0, 0.1) is 0 Å². The molecule has 0 radical (unpaired) electrons. The molecule has 0 spiro atoms. The highest BCUT2D eigenvalue weighted by atomic mass is 32.2. The summed E-state index contributed by atoms with van der Waals surface area (Å²) in [6.45, 7) is 1.23. The first kappa shape index (κ1) is 18.9. The fraction of sp³-hybridized carbons (Fsp3) is 0.412. The number of hydrogen-bond acceptors (Lipinski definition) is 5. The third-order valence-electron chi connectivity index (χ3n) is 4.25. The van der Waals surface area contributed by atoms with Gasteiger partial charge in [-0.15, -0.1) is 0 Å². The number of amides is 1. The van der Waals surface area contributed by atoms with Crippen LogP contribution in [0.2, 0.25) is 0 Å². The molecular weight excluding hydrogens is 367 g/mol. The van der Waals surface area contributed by atoms with Crippen molar-refractivity contribution < 1.29 is 23.1 Å². The van der Waals surface area contributed by atoms with Gasteiger partial charge in [0.2, 0.25) is 0 Å². The Balaban J connectivity index is 1.64. The molecule has 26 heavy (non-hydrogen) atoms. The van der Waals surface area contributed by atoms with E-state index in [1.807, 2.05) is 11.0 Å². The summed E-state index contributed by atoms with van der Waals surface area (Å²) >= 11 is 1.37. The number of nitrogens with zero attached hydrogens (tertiary/aromatic N) is 2. The third kappa shape index (κ3) is 4.46. The molecule has 1 unspecified atom stereocenters. The number of β-amino-alcohol motifs (C(OH)–C–C–N with tert-alkyl or cyclic N) is 1. The Labute approximate surface area is 152 Å². The van der Waals surface area contributed by atoms with E-state index in [1.54, 1.807) is 0 Å².